The van der Waals surface area contributed by atoms with Crippen molar-refractivity contribution in [2.45, 2.75) is 31.2 Å². The Hall–Kier alpha value is -1.20. The third-order valence-electron chi connectivity index (χ3n) is 4.44. The number of aryl methyl sites for hydroxylation is 1. The number of morpholine rings is 1. The molecule has 0 N–H and O–H groups in total. The Balaban J connectivity index is 1.89. The highest BCUT2D eigenvalue weighted by Gasteiger charge is 2.46. The molecule has 19 heavy (non-hydrogen) atoms. The van der Waals surface area contributed by atoms with Gasteiger partial charge in [0.15, 0.2) is 5.78 Å². The van der Waals surface area contributed by atoms with Crippen LogP contribution >= 0.6 is 0 Å². The van der Waals surface area contributed by atoms with Crippen LogP contribution in [0.5, 0.6) is 0 Å². The largest absolute Gasteiger partial charge is 0.379 e. The molecule has 1 saturated carbocycles. The molecule has 104 valence electrons. The lowest BCUT2D eigenvalue weighted by atomic mass is 9.86. The summed E-state index contributed by atoms with van der Waals surface area (Å²) in [6.07, 6.45) is 7.76. The zero-order valence-corrected chi connectivity index (χ0v) is 11.5. The van der Waals surface area contributed by atoms with Crippen LogP contribution in [0.15, 0.2) is 12.4 Å². The summed E-state index contributed by atoms with van der Waals surface area (Å²) in [6, 6.07) is 0. The van der Waals surface area contributed by atoms with E-state index in [0.717, 1.165) is 57.6 Å². The fourth-order valence-electron chi connectivity index (χ4n) is 3.45. The van der Waals surface area contributed by atoms with Gasteiger partial charge in [0.1, 0.15) is 0 Å². The third-order valence-corrected chi connectivity index (χ3v) is 4.44. The van der Waals surface area contributed by atoms with Gasteiger partial charge in [0, 0.05) is 26.3 Å². The van der Waals surface area contributed by atoms with E-state index in [1.165, 1.54) is 0 Å². The molecule has 1 aliphatic heterocycles. The summed E-state index contributed by atoms with van der Waals surface area (Å²) >= 11 is 0. The van der Waals surface area contributed by atoms with Crippen LogP contribution in [0.2, 0.25) is 0 Å². The Kier molecular flexibility index (Phi) is 3.41. The van der Waals surface area contributed by atoms with Gasteiger partial charge in [0.05, 0.1) is 30.5 Å². The second-order valence-corrected chi connectivity index (χ2v) is 5.57. The Morgan fingerprint density at radius 1 is 1.32 bits per heavy atom. The summed E-state index contributed by atoms with van der Waals surface area (Å²) in [7, 11) is 1.85. The Morgan fingerprint density at radius 2 is 2.00 bits per heavy atom. The van der Waals surface area contributed by atoms with Crippen molar-refractivity contribution < 1.29 is 9.53 Å². The molecule has 5 heteroatoms. The molecule has 1 aliphatic carbocycles. The molecule has 0 unspecified atom stereocenters. The van der Waals surface area contributed by atoms with E-state index in [1.807, 2.05) is 13.2 Å². The third kappa shape index (κ3) is 2.21. The van der Waals surface area contributed by atoms with E-state index in [0.29, 0.717) is 0 Å². The zero-order valence-electron chi connectivity index (χ0n) is 11.5. The minimum Gasteiger partial charge on any atom is -0.379 e. The normalized spacial score (nSPS) is 23.6. The number of hydrogen-bond acceptors (Lipinski definition) is 4. The molecule has 2 fully saturated rings. The van der Waals surface area contributed by atoms with E-state index in [1.54, 1.807) is 10.9 Å². The van der Waals surface area contributed by atoms with E-state index in [2.05, 4.69) is 10.00 Å². The average Bonchev–Trinajstić information content (AvgIpc) is 3.08. The van der Waals surface area contributed by atoms with Gasteiger partial charge in [-0.15, -0.1) is 0 Å². The second-order valence-electron chi connectivity index (χ2n) is 5.57. The van der Waals surface area contributed by atoms with Crippen molar-refractivity contribution >= 4 is 5.78 Å². The number of hydrogen-bond donors (Lipinski definition) is 0. The molecule has 3 rings (SSSR count). The van der Waals surface area contributed by atoms with Crippen LogP contribution in [0.4, 0.5) is 0 Å². The van der Waals surface area contributed by atoms with Crippen molar-refractivity contribution in [2.24, 2.45) is 7.05 Å². The fourth-order valence-corrected chi connectivity index (χ4v) is 3.45. The Morgan fingerprint density at radius 3 is 2.58 bits per heavy atom. The lowest BCUT2D eigenvalue weighted by Gasteiger charge is -2.41. The van der Waals surface area contributed by atoms with Gasteiger partial charge in [0.2, 0.25) is 0 Å². The summed E-state index contributed by atoms with van der Waals surface area (Å²) in [6.45, 7) is 3.21. The van der Waals surface area contributed by atoms with Crippen molar-refractivity contribution in [2.75, 3.05) is 26.3 Å². The van der Waals surface area contributed by atoms with Crippen LogP contribution in [-0.4, -0.2) is 52.3 Å². The van der Waals surface area contributed by atoms with Crippen molar-refractivity contribution in [1.82, 2.24) is 14.7 Å². The van der Waals surface area contributed by atoms with Gasteiger partial charge in [-0.1, -0.05) is 12.8 Å². The monoisotopic (exact) mass is 263 g/mol. The van der Waals surface area contributed by atoms with Gasteiger partial charge in [-0.05, 0) is 12.8 Å². The maximum absolute atomic E-state index is 12.9. The molecule has 5 nitrogen and oxygen atoms in total. The van der Waals surface area contributed by atoms with Crippen LogP contribution in [0.1, 0.15) is 36.0 Å². The minimum absolute atomic E-state index is 0.250. The lowest BCUT2D eigenvalue weighted by molar-refractivity contribution is -0.0130. The van der Waals surface area contributed by atoms with Gasteiger partial charge >= 0.3 is 0 Å². The number of ether oxygens (including phenoxy) is 1. The standard InChI is InChI=1S/C14H21N3O2/c1-16-11-12(10-15-16)13(18)14(4-2-3-5-14)17-6-8-19-9-7-17/h10-11H,2-9H2,1H3. The number of aromatic nitrogens is 2. The van der Waals surface area contributed by atoms with Crippen LogP contribution in [0, 0.1) is 0 Å². The predicted molar refractivity (Wildman–Crippen MR) is 71.1 cm³/mol. The SMILES string of the molecule is Cn1cc(C(=O)C2(N3CCOCC3)CCCC2)cn1. The number of ketones is 1. The summed E-state index contributed by atoms with van der Waals surface area (Å²) < 4.78 is 7.13. The Bertz CT molecular complexity index is 457. The zero-order chi connectivity index (χ0) is 13.3. The lowest BCUT2D eigenvalue weighted by Crippen LogP contribution is -2.56. The maximum atomic E-state index is 12.9. The van der Waals surface area contributed by atoms with E-state index < -0.39 is 0 Å². The van der Waals surface area contributed by atoms with Gasteiger partial charge in [-0.3, -0.25) is 14.4 Å². The number of carbonyl (C=O) groups is 1. The molecule has 1 aromatic rings. The van der Waals surface area contributed by atoms with Crippen LogP contribution in [0.3, 0.4) is 0 Å². The summed E-state index contributed by atoms with van der Waals surface area (Å²) in [5.74, 6) is 0.250. The van der Waals surface area contributed by atoms with Crippen molar-refractivity contribution in [3.63, 3.8) is 0 Å². The van der Waals surface area contributed by atoms with Crippen molar-refractivity contribution in [3.8, 4) is 0 Å². The fraction of sp³-hybridized carbons (Fsp3) is 0.714. The molecule has 0 aromatic carbocycles. The van der Waals surface area contributed by atoms with Gasteiger partial charge in [0.25, 0.3) is 0 Å². The summed E-state index contributed by atoms with van der Waals surface area (Å²) in [4.78, 5) is 15.3. The number of rotatable bonds is 3. The minimum atomic E-state index is -0.299. The molecule has 0 amide bonds. The highest BCUT2D eigenvalue weighted by molar-refractivity contribution is 6.03. The first kappa shape index (κ1) is 12.8. The quantitative estimate of drug-likeness (QED) is 0.770. The molecule has 2 aliphatic rings. The second kappa shape index (κ2) is 5.06. The first-order valence-corrected chi connectivity index (χ1v) is 7.09. The average molecular weight is 263 g/mol. The van der Waals surface area contributed by atoms with E-state index >= 15 is 0 Å². The molecule has 2 heterocycles. The molecule has 0 bridgehead atoms. The first-order chi connectivity index (χ1) is 9.22. The number of carbonyl (C=O) groups excluding carboxylic acids is 1. The van der Waals surface area contributed by atoms with Crippen LogP contribution in [0.25, 0.3) is 0 Å². The molecule has 1 saturated heterocycles. The number of Topliss-reactive ketones (excluding diaryl/α,β-unsaturated/α-hetero) is 1. The van der Waals surface area contributed by atoms with Gasteiger partial charge in [-0.2, -0.15) is 5.10 Å². The molecular weight excluding hydrogens is 242 g/mol. The summed E-state index contributed by atoms with van der Waals surface area (Å²) in [5, 5.41) is 4.14. The highest BCUT2D eigenvalue weighted by Crippen LogP contribution is 2.38. The molecule has 0 spiro atoms. The topological polar surface area (TPSA) is 47.4 Å². The van der Waals surface area contributed by atoms with Crippen LogP contribution in [-0.2, 0) is 11.8 Å². The molecule has 0 atom stereocenters. The van der Waals surface area contributed by atoms with E-state index in [9.17, 15) is 4.79 Å². The van der Waals surface area contributed by atoms with Crippen LogP contribution < -0.4 is 0 Å². The highest BCUT2D eigenvalue weighted by atomic mass is 16.5. The molecular formula is C14H21N3O2. The molecule has 1 aromatic heterocycles. The van der Waals surface area contributed by atoms with E-state index in [4.69, 9.17) is 4.74 Å². The van der Waals surface area contributed by atoms with E-state index in [-0.39, 0.29) is 11.3 Å². The maximum Gasteiger partial charge on any atom is 0.186 e. The van der Waals surface area contributed by atoms with Crippen molar-refractivity contribution in [1.29, 1.82) is 0 Å². The smallest absolute Gasteiger partial charge is 0.186 e. The Labute approximate surface area is 113 Å². The molecule has 0 radical (unpaired) electrons. The first-order valence-electron chi connectivity index (χ1n) is 7.09. The predicted octanol–water partition coefficient (Wildman–Crippen LogP) is 1.25. The van der Waals surface area contributed by atoms with Crippen molar-refractivity contribution in [3.05, 3.63) is 18.0 Å². The summed E-state index contributed by atoms with van der Waals surface area (Å²) in [5.41, 5.74) is 0.447. The van der Waals surface area contributed by atoms with Gasteiger partial charge in [-0.25, -0.2) is 0 Å². The van der Waals surface area contributed by atoms with Gasteiger partial charge < -0.3 is 4.74 Å². The number of nitrogens with zero attached hydrogens (tertiary/aromatic N) is 3.